The molecule has 0 aliphatic heterocycles. The van der Waals surface area contributed by atoms with Crippen molar-refractivity contribution < 1.29 is 9.53 Å². The lowest BCUT2D eigenvalue weighted by Crippen LogP contribution is -2.17. The van der Waals surface area contributed by atoms with Crippen LogP contribution in [-0.2, 0) is 9.53 Å². The molecule has 1 aliphatic carbocycles. The highest BCUT2D eigenvalue weighted by Crippen LogP contribution is 2.29. The Hall–Kier alpha value is -3.52. The van der Waals surface area contributed by atoms with Gasteiger partial charge in [0.2, 0.25) is 10.7 Å². The van der Waals surface area contributed by atoms with E-state index in [0.29, 0.717) is 17.1 Å². The third-order valence-corrected chi connectivity index (χ3v) is 5.39. The third kappa shape index (κ3) is 3.50. The molecule has 29 heavy (non-hydrogen) atoms. The Balaban J connectivity index is 1.83. The number of rotatable bonds is 4. The highest BCUT2D eigenvalue weighted by molar-refractivity contribution is 7.19. The Kier molecular flexibility index (Phi) is 4.85. The van der Waals surface area contributed by atoms with Crippen LogP contribution >= 0.6 is 11.3 Å². The summed E-state index contributed by atoms with van der Waals surface area (Å²) in [6, 6.07) is 7.85. The molecule has 1 aromatic carbocycles. The van der Waals surface area contributed by atoms with Gasteiger partial charge in [-0.2, -0.15) is 14.6 Å². The van der Waals surface area contributed by atoms with Gasteiger partial charge < -0.3 is 10.5 Å². The summed E-state index contributed by atoms with van der Waals surface area (Å²) in [6.45, 7) is 4.17. The van der Waals surface area contributed by atoms with Gasteiger partial charge in [0, 0.05) is 5.56 Å². The van der Waals surface area contributed by atoms with Gasteiger partial charge in [-0.05, 0) is 43.2 Å². The Morgan fingerprint density at radius 3 is 2.79 bits per heavy atom. The van der Waals surface area contributed by atoms with Crippen LogP contribution < -0.4 is 11.3 Å². The fourth-order valence-corrected chi connectivity index (χ4v) is 3.98. The summed E-state index contributed by atoms with van der Waals surface area (Å²) in [5, 5.41) is 5.29. The zero-order valence-corrected chi connectivity index (χ0v) is 16.7. The molecule has 0 saturated heterocycles. The van der Waals surface area contributed by atoms with Crippen LogP contribution in [0.2, 0.25) is 0 Å². The van der Waals surface area contributed by atoms with Gasteiger partial charge in [-0.3, -0.25) is 9.59 Å². The number of anilines is 1. The lowest BCUT2D eigenvalue weighted by Gasteiger charge is -2.10. The number of hydrogen-bond acceptors (Lipinski definition) is 7. The fourth-order valence-electron chi connectivity index (χ4n) is 2.99. The number of nitrogen functional groups attached to an aromatic ring is 1. The normalized spacial score (nSPS) is 15.2. The number of allylic oxidation sites excluding steroid dienone is 4. The first-order valence-electron chi connectivity index (χ1n) is 9.02. The maximum atomic E-state index is 12.6. The number of ether oxygens (including phenoxy) is 1. The van der Waals surface area contributed by atoms with Crippen molar-refractivity contribution in [1.82, 2.24) is 14.6 Å². The molecule has 0 bridgehead atoms. The number of nitrogens with zero attached hydrogens (tertiary/aromatic N) is 3. The lowest BCUT2D eigenvalue weighted by molar-refractivity contribution is -0.114. The van der Waals surface area contributed by atoms with Gasteiger partial charge in [0.1, 0.15) is 10.8 Å². The van der Waals surface area contributed by atoms with Crippen LogP contribution in [0.1, 0.15) is 18.1 Å². The van der Waals surface area contributed by atoms with E-state index in [9.17, 15) is 9.59 Å². The summed E-state index contributed by atoms with van der Waals surface area (Å²) in [4.78, 5) is 29.0. The summed E-state index contributed by atoms with van der Waals surface area (Å²) in [5.41, 5.74) is 8.68. The summed E-state index contributed by atoms with van der Waals surface area (Å²) >= 11 is 1.30. The van der Waals surface area contributed by atoms with Gasteiger partial charge >= 0.3 is 0 Å². The molecular weight excluding hydrogens is 388 g/mol. The number of fused-ring (bicyclic) bond motifs is 1. The van der Waals surface area contributed by atoms with E-state index < -0.39 is 5.56 Å². The molecule has 2 heterocycles. The second kappa shape index (κ2) is 7.48. The maximum Gasteiger partial charge on any atom is 0.283 e. The molecule has 0 atom stereocenters. The van der Waals surface area contributed by atoms with E-state index in [4.69, 9.17) is 10.5 Å². The van der Waals surface area contributed by atoms with E-state index in [-0.39, 0.29) is 22.9 Å². The quantitative estimate of drug-likeness (QED) is 0.714. The molecule has 3 aromatic rings. The molecule has 2 aromatic heterocycles. The molecule has 7 nitrogen and oxygen atoms in total. The maximum absolute atomic E-state index is 12.6. The molecule has 146 valence electrons. The zero-order valence-electron chi connectivity index (χ0n) is 15.9. The number of nitrogens with two attached hydrogens (primary N) is 1. The van der Waals surface area contributed by atoms with Crippen molar-refractivity contribution in [2.24, 2.45) is 0 Å². The van der Waals surface area contributed by atoms with Gasteiger partial charge in [-0.25, -0.2) is 0 Å². The van der Waals surface area contributed by atoms with E-state index in [1.807, 2.05) is 31.2 Å². The number of ketones is 1. The van der Waals surface area contributed by atoms with E-state index in [1.54, 1.807) is 25.2 Å². The van der Waals surface area contributed by atoms with Crippen LogP contribution in [0, 0.1) is 6.92 Å². The topological polar surface area (TPSA) is 99.6 Å². The van der Waals surface area contributed by atoms with Gasteiger partial charge in [0.05, 0.1) is 12.2 Å². The van der Waals surface area contributed by atoms with E-state index in [0.717, 1.165) is 16.1 Å². The summed E-state index contributed by atoms with van der Waals surface area (Å²) < 4.78 is 6.81. The van der Waals surface area contributed by atoms with Crippen LogP contribution in [0.4, 0.5) is 5.82 Å². The minimum absolute atomic E-state index is 0.195. The third-order valence-electron chi connectivity index (χ3n) is 4.45. The molecule has 0 saturated carbocycles. The van der Waals surface area contributed by atoms with Crippen molar-refractivity contribution in [3.05, 3.63) is 75.3 Å². The van der Waals surface area contributed by atoms with Crippen LogP contribution in [0.5, 0.6) is 0 Å². The van der Waals surface area contributed by atoms with Crippen molar-refractivity contribution >= 4 is 34.0 Å². The molecule has 4 rings (SSSR count). The van der Waals surface area contributed by atoms with Crippen molar-refractivity contribution in [3.8, 4) is 10.6 Å². The average Bonchev–Trinajstić information content (AvgIpc) is 3.12. The number of benzene rings is 1. The predicted octanol–water partition coefficient (Wildman–Crippen LogP) is 3.15. The largest absolute Gasteiger partial charge is 0.490 e. The Morgan fingerprint density at radius 1 is 1.24 bits per heavy atom. The predicted molar refractivity (Wildman–Crippen MR) is 114 cm³/mol. The number of aryl methyl sites for hydroxylation is 1. The molecule has 0 unspecified atom stereocenters. The van der Waals surface area contributed by atoms with Gasteiger partial charge in [-0.15, -0.1) is 0 Å². The molecule has 0 fully saturated rings. The second-order valence-electron chi connectivity index (χ2n) is 6.42. The number of carbonyl (C=O) groups is 1. The Bertz CT molecular complexity index is 1280. The van der Waals surface area contributed by atoms with E-state index in [1.165, 1.54) is 21.9 Å². The van der Waals surface area contributed by atoms with Gasteiger partial charge in [-0.1, -0.05) is 41.7 Å². The summed E-state index contributed by atoms with van der Waals surface area (Å²) in [7, 11) is 0. The summed E-state index contributed by atoms with van der Waals surface area (Å²) in [5.74, 6) is 0.203. The van der Waals surface area contributed by atoms with Crippen LogP contribution in [-0.4, -0.2) is 27.0 Å². The van der Waals surface area contributed by atoms with Crippen molar-refractivity contribution in [2.45, 2.75) is 13.8 Å². The molecule has 0 spiro atoms. The molecular formula is C21H18N4O3S. The van der Waals surface area contributed by atoms with Gasteiger partial charge in [0.25, 0.3) is 5.56 Å². The first-order chi connectivity index (χ1) is 14.0. The minimum atomic E-state index is -0.452. The fraction of sp³-hybridized carbons (Fsp3) is 0.143. The summed E-state index contributed by atoms with van der Waals surface area (Å²) in [6.07, 6.45) is 6.18. The zero-order chi connectivity index (χ0) is 20.5. The Labute approximate surface area is 170 Å². The number of hydrogen-bond donors (Lipinski definition) is 1. The van der Waals surface area contributed by atoms with Crippen LogP contribution in [0.3, 0.4) is 0 Å². The van der Waals surface area contributed by atoms with Crippen LogP contribution in [0.25, 0.3) is 21.6 Å². The average molecular weight is 406 g/mol. The first kappa shape index (κ1) is 18.8. The van der Waals surface area contributed by atoms with Crippen LogP contribution in [0.15, 0.2) is 58.6 Å². The first-order valence-corrected chi connectivity index (χ1v) is 9.83. The highest BCUT2D eigenvalue weighted by Gasteiger charge is 2.17. The standard InChI is InChI=1S/C21H18N4O3S/c1-3-28-17-11-13(8-9-16(17)26)10-15-18(22)25-21(23-19(15)27)29-20(24-25)14-7-5-4-6-12(14)2/h4-11H,3,22H2,1-2H3. The number of aromatic nitrogens is 3. The molecule has 8 heteroatoms. The molecule has 0 amide bonds. The lowest BCUT2D eigenvalue weighted by atomic mass is 10.0. The van der Waals surface area contributed by atoms with Crippen molar-refractivity contribution in [3.63, 3.8) is 0 Å². The smallest absolute Gasteiger partial charge is 0.283 e. The molecule has 1 aliphatic rings. The molecule has 0 radical (unpaired) electrons. The monoisotopic (exact) mass is 406 g/mol. The highest BCUT2D eigenvalue weighted by atomic mass is 32.1. The van der Waals surface area contributed by atoms with Crippen molar-refractivity contribution in [1.29, 1.82) is 0 Å². The van der Waals surface area contributed by atoms with E-state index >= 15 is 0 Å². The number of carbonyl (C=O) groups excluding carboxylic acids is 1. The van der Waals surface area contributed by atoms with E-state index in [2.05, 4.69) is 10.1 Å². The van der Waals surface area contributed by atoms with Crippen molar-refractivity contribution in [2.75, 3.05) is 12.3 Å². The minimum Gasteiger partial charge on any atom is -0.490 e. The van der Waals surface area contributed by atoms with Gasteiger partial charge in [0.15, 0.2) is 5.76 Å². The second-order valence-corrected chi connectivity index (χ2v) is 7.37. The Morgan fingerprint density at radius 2 is 2.03 bits per heavy atom. The SMILES string of the molecule is CCOC1=CC(=Cc2c(N)n3nc(-c4ccccc4C)sc3nc2=O)C=CC1=O. The molecule has 2 N–H and O–H groups in total.